The van der Waals surface area contributed by atoms with Crippen molar-refractivity contribution in [2.75, 3.05) is 17.2 Å². The van der Waals surface area contributed by atoms with Gasteiger partial charge in [0.15, 0.2) is 0 Å². The average Bonchev–Trinajstić information content (AvgIpc) is 3.13. The van der Waals surface area contributed by atoms with E-state index in [0.29, 0.717) is 5.92 Å². The summed E-state index contributed by atoms with van der Waals surface area (Å²) in [5.74, 6) is 0.483. The molecule has 0 atom stereocenters. The van der Waals surface area contributed by atoms with Crippen LogP contribution in [-0.2, 0) is 9.31 Å². The Morgan fingerprint density at radius 2 is 1.19 bits per heavy atom. The number of anilines is 3. The van der Waals surface area contributed by atoms with Crippen molar-refractivity contribution < 1.29 is 9.31 Å². The van der Waals surface area contributed by atoms with Crippen molar-refractivity contribution >= 4 is 45.7 Å². The summed E-state index contributed by atoms with van der Waals surface area (Å²) in [4.78, 5) is 12.1. The number of pyridine rings is 3. The minimum Gasteiger partial charge on any atom is -0.400 e. The number of aryl methyl sites for hydroxylation is 3. The number of nitrogens with zero attached hydrogens (tertiary/aromatic N) is 3. The fourth-order valence-corrected chi connectivity index (χ4v) is 4.05. The predicted molar refractivity (Wildman–Crippen MR) is 188 cm³/mol. The van der Waals surface area contributed by atoms with Gasteiger partial charge in [-0.3, -0.25) is 15.0 Å². The Morgan fingerprint density at radius 1 is 0.767 bits per heavy atom. The van der Waals surface area contributed by atoms with Crippen LogP contribution in [0.15, 0.2) is 59.9 Å². The van der Waals surface area contributed by atoms with E-state index in [-0.39, 0.29) is 18.3 Å². The lowest BCUT2D eigenvalue weighted by Crippen LogP contribution is -2.41. The van der Waals surface area contributed by atoms with E-state index in [0.717, 1.165) is 55.2 Å². The van der Waals surface area contributed by atoms with Crippen LogP contribution in [0.4, 0.5) is 17.1 Å². The summed E-state index contributed by atoms with van der Waals surface area (Å²) in [5, 5.41) is 0. The van der Waals surface area contributed by atoms with Crippen LogP contribution >= 0.6 is 15.9 Å². The Hall–Kier alpha value is -3.21. The van der Waals surface area contributed by atoms with Gasteiger partial charge in [0.2, 0.25) is 0 Å². The topological polar surface area (TPSA) is 135 Å². The summed E-state index contributed by atoms with van der Waals surface area (Å²) in [6.07, 6.45) is 5.27. The third kappa shape index (κ3) is 10.8. The van der Waals surface area contributed by atoms with Gasteiger partial charge in [0.1, 0.15) is 0 Å². The zero-order valence-electron chi connectivity index (χ0n) is 27.8. The maximum Gasteiger partial charge on any atom is 0.489 e. The molecule has 0 saturated carbocycles. The standard InChI is InChI=1S/C9H17BO2.C9H14N2.C9H12N2.C6H7BrN2/c1-7(2)10-11-8(3,4)9(5,6)12-10;2*1-6(2)8-4-5-11-7(3)9(8)10;1-4-6(8)5(7)2-3-9-4/h1H2,2-6H3;4-6H,10H2,1-3H3;4-5H,1,10H2,2-3H3;2-3H,8H2,1H3. The van der Waals surface area contributed by atoms with Crippen LogP contribution in [0.5, 0.6) is 0 Å². The fraction of sp³-hybridized carbons (Fsp3) is 0.424. The monoisotopic (exact) mass is 652 g/mol. The molecule has 4 heterocycles. The highest BCUT2D eigenvalue weighted by molar-refractivity contribution is 9.10. The minimum absolute atomic E-state index is 0.239. The second-order valence-electron chi connectivity index (χ2n) is 11.9. The van der Waals surface area contributed by atoms with Crippen molar-refractivity contribution in [1.29, 1.82) is 0 Å². The van der Waals surface area contributed by atoms with Gasteiger partial charge in [0.05, 0.1) is 45.3 Å². The number of nitrogen functional groups attached to an aromatic ring is 3. The molecule has 0 amide bonds. The summed E-state index contributed by atoms with van der Waals surface area (Å²) in [5.41, 5.74) is 25.7. The van der Waals surface area contributed by atoms with Crippen molar-refractivity contribution in [3.63, 3.8) is 0 Å². The maximum atomic E-state index is 5.82. The molecule has 10 heteroatoms. The molecule has 1 aliphatic rings. The molecule has 0 radical (unpaired) electrons. The van der Waals surface area contributed by atoms with E-state index in [9.17, 15) is 0 Å². The number of rotatable bonds is 3. The molecule has 8 nitrogen and oxygen atoms in total. The molecule has 1 fully saturated rings. The zero-order valence-corrected chi connectivity index (χ0v) is 29.4. The van der Waals surface area contributed by atoms with E-state index in [1.807, 2.05) is 80.5 Å². The summed E-state index contributed by atoms with van der Waals surface area (Å²) in [6.45, 7) is 29.6. The second kappa shape index (κ2) is 16.0. The number of hydrogen-bond donors (Lipinski definition) is 3. The highest BCUT2D eigenvalue weighted by atomic mass is 79.9. The first-order valence-corrected chi connectivity index (χ1v) is 15.0. The van der Waals surface area contributed by atoms with E-state index < -0.39 is 0 Å². The van der Waals surface area contributed by atoms with Crippen LogP contribution in [0.1, 0.15) is 89.5 Å². The van der Waals surface area contributed by atoms with E-state index in [2.05, 4.69) is 57.9 Å². The molecule has 6 N–H and O–H groups in total. The first-order valence-electron chi connectivity index (χ1n) is 14.2. The van der Waals surface area contributed by atoms with E-state index in [1.54, 1.807) is 18.6 Å². The second-order valence-corrected chi connectivity index (χ2v) is 12.8. The van der Waals surface area contributed by atoms with Gasteiger partial charge in [-0.1, -0.05) is 25.9 Å². The number of halogens is 1. The largest absolute Gasteiger partial charge is 0.489 e. The van der Waals surface area contributed by atoms with E-state index in [1.165, 1.54) is 5.56 Å². The molecule has 0 aromatic carbocycles. The third-order valence-electron chi connectivity index (χ3n) is 7.29. The lowest BCUT2D eigenvalue weighted by Gasteiger charge is -2.32. The van der Waals surface area contributed by atoms with Crippen molar-refractivity contribution in [2.45, 2.75) is 93.3 Å². The number of aromatic nitrogens is 3. The Kier molecular flexibility index (Phi) is 14.1. The molecule has 3 aromatic rings. The first-order chi connectivity index (χ1) is 19.7. The smallest absolute Gasteiger partial charge is 0.400 e. The lowest BCUT2D eigenvalue weighted by atomic mass is 9.81. The quantitative estimate of drug-likeness (QED) is 0.242. The Labute approximate surface area is 267 Å². The SMILES string of the molecule is C=C(C)B1OC(C)(C)C(C)(C)O1.C=C(C)c1ccnc(C)c1N.Cc1nccc(Br)c1N.Cc1nccc(C(C)C)c1N. The molecular weight excluding hydrogens is 603 g/mol. The average molecular weight is 654 g/mol. The first kappa shape index (κ1) is 37.8. The van der Waals surface area contributed by atoms with Crippen LogP contribution in [-0.4, -0.2) is 33.3 Å². The predicted octanol–water partition coefficient (Wildman–Crippen LogP) is 8.03. The molecule has 0 aliphatic carbocycles. The van der Waals surface area contributed by atoms with Crippen LogP contribution in [0.2, 0.25) is 0 Å². The molecule has 4 rings (SSSR count). The van der Waals surface area contributed by atoms with Gasteiger partial charge in [-0.2, -0.15) is 0 Å². The normalized spacial score (nSPS) is 14.4. The highest BCUT2D eigenvalue weighted by Crippen LogP contribution is 2.38. The Morgan fingerprint density at radius 3 is 1.51 bits per heavy atom. The van der Waals surface area contributed by atoms with Gasteiger partial charge in [0.25, 0.3) is 0 Å². The molecule has 1 aliphatic heterocycles. The van der Waals surface area contributed by atoms with Gasteiger partial charge < -0.3 is 26.5 Å². The fourth-order valence-electron chi connectivity index (χ4n) is 3.64. The molecule has 234 valence electrons. The Balaban J connectivity index is 0.000000288. The van der Waals surface area contributed by atoms with Gasteiger partial charge >= 0.3 is 7.12 Å². The van der Waals surface area contributed by atoms with Crippen molar-refractivity contribution in [1.82, 2.24) is 15.0 Å². The van der Waals surface area contributed by atoms with Crippen LogP contribution in [0, 0.1) is 20.8 Å². The van der Waals surface area contributed by atoms with Crippen molar-refractivity contribution in [3.8, 4) is 0 Å². The zero-order chi connectivity index (χ0) is 33.3. The van der Waals surface area contributed by atoms with Gasteiger partial charge in [-0.25, -0.2) is 0 Å². The summed E-state index contributed by atoms with van der Waals surface area (Å²) < 4.78 is 12.3. The maximum absolute atomic E-state index is 5.82. The van der Waals surface area contributed by atoms with Gasteiger partial charge in [-0.15, -0.1) is 6.58 Å². The molecule has 0 spiro atoms. The molecule has 43 heavy (non-hydrogen) atoms. The van der Waals surface area contributed by atoms with Crippen molar-refractivity contribution in [3.05, 3.63) is 88.1 Å². The molecule has 0 bridgehead atoms. The van der Waals surface area contributed by atoms with Crippen LogP contribution in [0.3, 0.4) is 0 Å². The minimum atomic E-state index is -0.241. The summed E-state index contributed by atoms with van der Waals surface area (Å²) in [6, 6.07) is 5.68. The highest BCUT2D eigenvalue weighted by Gasteiger charge is 2.51. The number of allylic oxidation sites excluding steroid dienone is 2. The number of hydrogen-bond acceptors (Lipinski definition) is 8. The molecule has 3 aromatic heterocycles. The molecular formula is C33H50BBrN6O2. The number of nitrogens with two attached hydrogens (primary N) is 3. The summed E-state index contributed by atoms with van der Waals surface area (Å²) in [7, 11) is -0.241. The van der Waals surface area contributed by atoms with Crippen LogP contribution < -0.4 is 17.2 Å². The molecule has 1 saturated heterocycles. The lowest BCUT2D eigenvalue weighted by molar-refractivity contribution is 0.00578. The molecule has 0 unspecified atom stereocenters. The van der Waals surface area contributed by atoms with Crippen LogP contribution in [0.25, 0.3) is 5.57 Å². The Bertz CT molecular complexity index is 1370. The van der Waals surface area contributed by atoms with Gasteiger partial charge in [-0.05, 0) is 113 Å². The third-order valence-corrected chi connectivity index (χ3v) is 7.98. The van der Waals surface area contributed by atoms with Crippen molar-refractivity contribution in [2.24, 2.45) is 0 Å². The van der Waals surface area contributed by atoms with Gasteiger partial charge in [0, 0.05) is 28.6 Å². The van der Waals surface area contributed by atoms with E-state index in [4.69, 9.17) is 26.5 Å². The summed E-state index contributed by atoms with van der Waals surface area (Å²) >= 11 is 3.28. The van der Waals surface area contributed by atoms with E-state index >= 15 is 0 Å².